The van der Waals surface area contributed by atoms with Crippen LogP contribution in [0.5, 0.6) is 0 Å². The lowest BCUT2D eigenvalue weighted by Gasteiger charge is -2.22. The molecule has 0 unspecified atom stereocenters. The van der Waals surface area contributed by atoms with Gasteiger partial charge in [0.25, 0.3) is 0 Å². The Kier molecular flexibility index (Phi) is 15.3. The molecule has 0 rings (SSSR count). The van der Waals surface area contributed by atoms with Gasteiger partial charge in [-0.15, -0.1) is 0 Å². The maximum Gasteiger partial charge on any atom is 0.0575 e. The molecule has 0 saturated heterocycles. The second-order valence-electron chi connectivity index (χ2n) is 6.39. The molecule has 0 amide bonds. The van der Waals surface area contributed by atoms with Crippen molar-refractivity contribution in [2.75, 3.05) is 6.61 Å². The van der Waals surface area contributed by atoms with Crippen LogP contribution in [0.1, 0.15) is 105 Å². The quantitative estimate of drug-likeness (QED) is 0.323. The number of hydrogen-bond donors (Lipinski definition) is 0. The average Bonchev–Trinajstić information content (AvgIpc) is 2.48. The molecule has 0 aliphatic carbocycles. The van der Waals surface area contributed by atoms with Gasteiger partial charge >= 0.3 is 0 Å². The summed E-state index contributed by atoms with van der Waals surface area (Å²) in [5, 5.41) is 0. The fourth-order valence-electron chi connectivity index (χ4n) is 2.74. The van der Waals surface area contributed by atoms with Crippen LogP contribution in [0.25, 0.3) is 0 Å². The van der Waals surface area contributed by atoms with Crippen LogP contribution in [0.2, 0.25) is 0 Å². The van der Waals surface area contributed by atoms with Gasteiger partial charge in [-0.3, -0.25) is 0 Å². The highest BCUT2D eigenvalue weighted by atomic mass is 16.5. The molecule has 1 nitrogen and oxygen atoms in total. The third kappa shape index (κ3) is 11.8. The first kappa shape index (κ1) is 20.0. The summed E-state index contributed by atoms with van der Waals surface area (Å²) in [4.78, 5) is 0. The van der Waals surface area contributed by atoms with Gasteiger partial charge < -0.3 is 4.74 Å². The van der Waals surface area contributed by atoms with Gasteiger partial charge in [-0.05, 0) is 31.6 Å². The first-order valence-electron chi connectivity index (χ1n) is 9.39. The fourth-order valence-corrected chi connectivity index (χ4v) is 2.74. The van der Waals surface area contributed by atoms with Crippen molar-refractivity contribution in [3.05, 3.63) is 0 Å². The first-order valence-corrected chi connectivity index (χ1v) is 9.39. The van der Waals surface area contributed by atoms with Crippen molar-refractivity contribution >= 4 is 0 Å². The Morgan fingerprint density at radius 3 is 1.40 bits per heavy atom. The van der Waals surface area contributed by atoms with Crippen molar-refractivity contribution < 1.29 is 4.74 Å². The molecule has 0 atom stereocenters. The smallest absolute Gasteiger partial charge is 0.0575 e. The van der Waals surface area contributed by atoms with E-state index >= 15 is 0 Å². The Balaban J connectivity index is 4.05. The van der Waals surface area contributed by atoms with Crippen LogP contribution in [-0.4, -0.2) is 12.7 Å². The van der Waals surface area contributed by atoms with Gasteiger partial charge in [0, 0.05) is 6.61 Å². The molecular formula is C19H40O. The number of rotatable bonds is 15. The van der Waals surface area contributed by atoms with Crippen molar-refractivity contribution in [2.24, 2.45) is 5.92 Å². The Labute approximate surface area is 128 Å². The Morgan fingerprint density at radius 2 is 1.00 bits per heavy atom. The Morgan fingerprint density at radius 1 is 0.600 bits per heavy atom. The van der Waals surface area contributed by atoms with Crippen LogP contribution in [0.15, 0.2) is 0 Å². The maximum atomic E-state index is 6.30. The fraction of sp³-hybridized carbons (Fsp3) is 1.00. The highest BCUT2D eigenvalue weighted by Gasteiger charge is 2.13. The van der Waals surface area contributed by atoms with Gasteiger partial charge in [-0.1, -0.05) is 79.1 Å². The zero-order valence-corrected chi connectivity index (χ0v) is 14.8. The van der Waals surface area contributed by atoms with Crippen LogP contribution in [-0.2, 0) is 4.74 Å². The molecule has 0 aromatic heterocycles. The van der Waals surface area contributed by atoms with Crippen LogP contribution in [0.4, 0.5) is 0 Å². The third-order valence-corrected chi connectivity index (χ3v) is 4.26. The van der Waals surface area contributed by atoms with E-state index in [2.05, 4.69) is 27.7 Å². The summed E-state index contributed by atoms with van der Waals surface area (Å²) in [6.07, 6.45) is 16.4. The summed E-state index contributed by atoms with van der Waals surface area (Å²) >= 11 is 0. The van der Waals surface area contributed by atoms with Gasteiger partial charge in [0.2, 0.25) is 0 Å². The molecule has 1 heteroatoms. The first-order chi connectivity index (χ1) is 9.78. The van der Waals surface area contributed by atoms with E-state index in [0.717, 1.165) is 12.5 Å². The summed E-state index contributed by atoms with van der Waals surface area (Å²) in [6, 6.07) is 0. The molecule has 0 heterocycles. The van der Waals surface area contributed by atoms with Crippen LogP contribution >= 0.6 is 0 Å². The molecule has 122 valence electrons. The van der Waals surface area contributed by atoms with Crippen molar-refractivity contribution in [1.82, 2.24) is 0 Å². The molecule has 20 heavy (non-hydrogen) atoms. The molecule has 0 aromatic rings. The molecule has 0 saturated carbocycles. The summed E-state index contributed by atoms with van der Waals surface area (Å²) in [5.74, 6) is 0.806. The van der Waals surface area contributed by atoms with E-state index < -0.39 is 0 Å². The molecule has 0 fully saturated rings. The molecule has 0 aliphatic rings. The lowest BCUT2D eigenvalue weighted by atomic mass is 9.96. The van der Waals surface area contributed by atoms with E-state index in [1.54, 1.807) is 0 Å². The minimum absolute atomic E-state index is 0.528. The van der Waals surface area contributed by atoms with Crippen molar-refractivity contribution in [3.8, 4) is 0 Å². The lowest BCUT2D eigenvalue weighted by Crippen LogP contribution is -2.19. The van der Waals surface area contributed by atoms with Crippen LogP contribution in [0.3, 0.4) is 0 Å². The van der Waals surface area contributed by atoms with E-state index in [1.807, 2.05) is 0 Å². The molecule has 0 radical (unpaired) electrons. The average molecular weight is 285 g/mol. The predicted molar refractivity (Wildman–Crippen MR) is 91.3 cm³/mol. The van der Waals surface area contributed by atoms with Crippen molar-refractivity contribution in [1.29, 1.82) is 0 Å². The zero-order chi connectivity index (χ0) is 15.1. The predicted octanol–water partition coefficient (Wildman–Crippen LogP) is 6.75. The SMILES string of the molecule is CCCCC(CCCC)COC(CCCC)CCCC. The van der Waals surface area contributed by atoms with Crippen LogP contribution < -0.4 is 0 Å². The minimum Gasteiger partial charge on any atom is -0.378 e. The molecular weight excluding hydrogens is 244 g/mol. The zero-order valence-electron chi connectivity index (χ0n) is 14.8. The van der Waals surface area contributed by atoms with E-state index in [0.29, 0.717) is 6.10 Å². The topological polar surface area (TPSA) is 9.23 Å². The number of hydrogen-bond acceptors (Lipinski definition) is 1. The van der Waals surface area contributed by atoms with Gasteiger partial charge in [0.15, 0.2) is 0 Å². The normalized spacial score (nSPS) is 11.7. The third-order valence-electron chi connectivity index (χ3n) is 4.26. The van der Waals surface area contributed by atoms with E-state index in [-0.39, 0.29) is 0 Å². The summed E-state index contributed by atoms with van der Waals surface area (Å²) < 4.78 is 6.30. The summed E-state index contributed by atoms with van der Waals surface area (Å²) in [5.41, 5.74) is 0. The minimum atomic E-state index is 0.528. The highest BCUT2D eigenvalue weighted by Crippen LogP contribution is 2.20. The summed E-state index contributed by atoms with van der Waals surface area (Å²) in [7, 11) is 0. The molecule has 0 spiro atoms. The number of unbranched alkanes of at least 4 members (excludes halogenated alkanes) is 4. The highest BCUT2D eigenvalue weighted by molar-refractivity contribution is 4.63. The van der Waals surface area contributed by atoms with E-state index in [4.69, 9.17) is 4.74 Å². The molecule has 0 aliphatic heterocycles. The Hall–Kier alpha value is -0.0400. The van der Waals surface area contributed by atoms with Crippen LogP contribution in [0, 0.1) is 5.92 Å². The van der Waals surface area contributed by atoms with Gasteiger partial charge in [-0.25, -0.2) is 0 Å². The molecule has 0 N–H and O–H groups in total. The number of ether oxygens (including phenoxy) is 1. The maximum absolute atomic E-state index is 6.30. The summed E-state index contributed by atoms with van der Waals surface area (Å²) in [6.45, 7) is 10.2. The van der Waals surface area contributed by atoms with E-state index in [9.17, 15) is 0 Å². The van der Waals surface area contributed by atoms with Gasteiger partial charge in [0.1, 0.15) is 0 Å². The van der Waals surface area contributed by atoms with Crippen molar-refractivity contribution in [2.45, 2.75) is 111 Å². The van der Waals surface area contributed by atoms with Gasteiger partial charge in [0.05, 0.1) is 6.10 Å². The monoisotopic (exact) mass is 284 g/mol. The largest absolute Gasteiger partial charge is 0.378 e. The second-order valence-corrected chi connectivity index (χ2v) is 6.39. The Bertz CT molecular complexity index is 143. The van der Waals surface area contributed by atoms with Gasteiger partial charge in [-0.2, -0.15) is 0 Å². The second kappa shape index (κ2) is 15.4. The van der Waals surface area contributed by atoms with Crippen molar-refractivity contribution in [3.63, 3.8) is 0 Å². The lowest BCUT2D eigenvalue weighted by molar-refractivity contribution is 0.0125. The molecule has 0 aromatic carbocycles. The standard InChI is InChI=1S/C19H40O/c1-5-9-13-18(14-10-6-2)17-20-19(15-11-7-3)16-12-8-4/h18-19H,5-17H2,1-4H3. The van der Waals surface area contributed by atoms with E-state index in [1.165, 1.54) is 77.0 Å². The molecule has 0 bridgehead atoms.